The molecule has 0 saturated heterocycles. The maximum atomic E-state index is 10.6. The molecule has 0 aliphatic rings. The van der Waals surface area contributed by atoms with Crippen LogP contribution in [0.3, 0.4) is 0 Å². The highest BCUT2D eigenvalue weighted by atomic mass is 16.6. The van der Waals surface area contributed by atoms with Crippen LogP contribution >= 0.6 is 0 Å². The Morgan fingerprint density at radius 2 is 2.10 bits per heavy atom. The Kier molecular flexibility index (Phi) is 7.17. The van der Waals surface area contributed by atoms with E-state index in [0.29, 0.717) is 19.1 Å². The van der Waals surface area contributed by atoms with E-state index in [1.54, 1.807) is 19.2 Å². The molecule has 7 heteroatoms. The molecule has 1 unspecified atom stereocenters. The van der Waals surface area contributed by atoms with Gasteiger partial charge in [0.25, 0.3) is 5.69 Å². The van der Waals surface area contributed by atoms with E-state index in [1.165, 1.54) is 12.1 Å². The smallest absolute Gasteiger partial charge is 0.269 e. The summed E-state index contributed by atoms with van der Waals surface area (Å²) >= 11 is 0. The predicted molar refractivity (Wildman–Crippen MR) is 82.4 cm³/mol. The Morgan fingerprint density at radius 1 is 1.43 bits per heavy atom. The molecule has 1 atom stereocenters. The molecule has 0 spiro atoms. The number of hydrogen-bond acceptors (Lipinski definition) is 4. The fourth-order valence-electron chi connectivity index (χ4n) is 1.74. The van der Waals surface area contributed by atoms with E-state index in [2.05, 4.69) is 15.6 Å². The molecular formula is C14H22N4O3. The third-order valence-electron chi connectivity index (χ3n) is 2.71. The monoisotopic (exact) mass is 294 g/mol. The molecule has 0 radical (unpaired) electrons. The van der Waals surface area contributed by atoms with Crippen molar-refractivity contribution in [2.75, 3.05) is 20.3 Å². The van der Waals surface area contributed by atoms with Gasteiger partial charge in [-0.25, -0.2) is 4.99 Å². The Balaban J connectivity index is 2.66. The molecule has 0 amide bonds. The van der Waals surface area contributed by atoms with E-state index in [9.17, 15) is 10.1 Å². The first-order valence-corrected chi connectivity index (χ1v) is 6.84. The van der Waals surface area contributed by atoms with Crippen molar-refractivity contribution in [2.24, 2.45) is 4.99 Å². The second-order valence-electron chi connectivity index (χ2n) is 4.62. The summed E-state index contributed by atoms with van der Waals surface area (Å²) in [6.07, 6.45) is 0. The molecule has 1 rings (SSSR count). The second kappa shape index (κ2) is 8.91. The number of ether oxygens (including phenoxy) is 1. The van der Waals surface area contributed by atoms with Gasteiger partial charge in [-0.05, 0) is 19.4 Å². The van der Waals surface area contributed by atoms with Gasteiger partial charge in [0, 0.05) is 31.8 Å². The van der Waals surface area contributed by atoms with Crippen LogP contribution in [0.5, 0.6) is 0 Å². The third kappa shape index (κ3) is 6.22. The van der Waals surface area contributed by atoms with Crippen LogP contribution in [0.4, 0.5) is 5.69 Å². The maximum absolute atomic E-state index is 10.6. The molecule has 0 aliphatic heterocycles. The Bertz CT molecular complexity index is 474. The number of aliphatic imine (C=N–C) groups is 1. The molecular weight excluding hydrogens is 272 g/mol. The van der Waals surface area contributed by atoms with E-state index in [1.807, 2.05) is 13.8 Å². The number of nitrogens with one attached hydrogen (secondary N) is 2. The molecule has 2 N–H and O–H groups in total. The van der Waals surface area contributed by atoms with Crippen molar-refractivity contribution in [3.05, 3.63) is 39.9 Å². The molecule has 21 heavy (non-hydrogen) atoms. The summed E-state index contributed by atoms with van der Waals surface area (Å²) in [5, 5.41) is 17.0. The van der Waals surface area contributed by atoms with Gasteiger partial charge in [-0.2, -0.15) is 0 Å². The Hall–Kier alpha value is -2.15. The number of nitro groups is 1. The summed E-state index contributed by atoms with van der Waals surface area (Å²) in [5.74, 6) is 0.695. The molecule has 0 heterocycles. The average Bonchev–Trinajstić information content (AvgIpc) is 2.45. The van der Waals surface area contributed by atoms with Crippen LogP contribution in [0.15, 0.2) is 29.3 Å². The van der Waals surface area contributed by atoms with Gasteiger partial charge < -0.3 is 15.4 Å². The van der Waals surface area contributed by atoms with Gasteiger partial charge in [0.05, 0.1) is 18.1 Å². The molecule has 1 aromatic rings. The number of methoxy groups -OCH3 is 1. The Labute approximate surface area is 124 Å². The number of nitro benzene ring substituents is 1. The van der Waals surface area contributed by atoms with Gasteiger partial charge in [-0.1, -0.05) is 12.1 Å². The fourth-order valence-corrected chi connectivity index (χ4v) is 1.74. The standard InChI is InChI=1S/C14H22N4O3/c1-4-15-14(17-11(2)10-21-3)16-9-12-5-7-13(8-6-12)18(19)20/h5-8,11H,4,9-10H2,1-3H3,(H2,15,16,17). The topological polar surface area (TPSA) is 88.8 Å². The first-order valence-electron chi connectivity index (χ1n) is 6.84. The number of guanidine groups is 1. The first-order chi connectivity index (χ1) is 10.1. The zero-order chi connectivity index (χ0) is 15.7. The highest BCUT2D eigenvalue weighted by molar-refractivity contribution is 5.80. The lowest BCUT2D eigenvalue weighted by molar-refractivity contribution is -0.384. The third-order valence-corrected chi connectivity index (χ3v) is 2.71. The van der Waals surface area contributed by atoms with E-state index < -0.39 is 4.92 Å². The highest BCUT2D eigenvalue weighted by Gasteiger charge is 2.06. The summed E-state index contributed by atoms with van der Waals surface area (Å²) in [5.41, 5.74) is 0.999. The number of hydrogen-bond donors (Lipinski definition) is 2. The van der Waals surface area contributed by atoms with Crippen LogP contribution in [-0.4, -0.2) is 37.2 Å². The molecule has 0 saturated carbocycles. The van der Waals surface area contributed by atoms with E-state index in [4.69, 9.17) is 4.74 Å². The number of benzene rings is 1. The van der Waals surface area contributed by atoms with Crippen LogP contribution in [-0.2, 0) is 11.3 Å². The summed E-state index contributed by atoms with van der Waals surface area (Å²) < 4.78 is 5.07. The lowest BCUT2D eigenvalue weighted by Gasteiger charge is -2.16. The van der Waals surface area contributed by atoms with Gasteiger partial charge in [-0.3, -0.25) is 10.1 Å². The SMILES string of the molecule is CCNC(=NCc1ccc([N+](=O)[O-])cc1)NC(C)COC. The highest BCUT2D eigenvalue weighted by Crippen LogP contribution is 2.12. The van der Waals surface area contributed by atoms with Gasteiger partial charge in [0.1, 0.15) is 0 Å². The molecule has 1 aromatic carbocycles. The minimum Gasteiger partial charge on any atom is -0.383 e. The fraction of sp³-hybridized carbons (Fsp3) is 0.500. The van der Waals surface area contributed by atoms with Gasteiger partial charge in [-0.15, -0.1) is 0 Å². The Morgan fingerprint density at radius 3 is 2.62 bits per heavy atom. The number of non-ortho nitro benzene ring substituents is 1. The van der Waals surface area contributed by atoms with Crippen molar-refractivity contribution in [3.63, 3.8) is 0 Å². The number of nitrogens with zero attached hydrogens (tertiary/aromatic N) is 2. The van der Waals surface area contributed by atoms with Crippen molar-refractivity contribution >= 4 is 11.6 Å². The van der Waals surface area contributed by atoms with Gasteiger partial charge in [0.2, 0.25) is 0 Å². The summed E-state index contributed by atoms with van der Waals surface area (Å²) in [4.78, 5) is 14.6. The quantitative estimate of drug-likeness (QED) is 0.346. The van der Waals surface area contributed by atoms with Crippen molar-refractivity contribution in [1.29, 1.82) is 0 Å². The van der Waals surface area contributed by atoms with Crippen LogP contribution in [0.1, 0.15) is 19.4 Å². The summed E-state index contributed by atoms with van der Waals surface area (Å²) in [7, 11) is 1.65. The van der Waals surface area contributed by atoms with Crippen molar-refractivity contribution in [3.8, 4) is 0 Å². The average molecular weight is 294 g/mol. The zero-order valence-corrected chi connectivity index (χ0v) is 12.6. The first kappa shape index (κ1) is 16.9. The lowest BCUT2D eigenvalue weighted by Crippen LogP contribution is -2.43. The largest absolute Gasteiger partial charge is 0.383 e. The van der Waals surface area contributed by atoms with Crippen molar-refractivity contribution < 1.29 is 9.66 Å². The van der Waals surface area contributed by atoms with E-state index >= 15 is 0 Å². The molecule has 7 nitrogen and oxygen atoms in total. The normalized spacial score (nSPS) is 12.8. The summed E-state index contributed by atoms with van der Waals surface area (Å²) in [6, 6.07) is 6.54. The maximum Gasteiger partial charge on any atom is 0.269 e. The van der Waals surface area contributed by atoms with Gasteiger partial charge in [0.15, 0.2) is 5.96 Å². The zero-order valence-electron chi connectivity index (χ0n) is 12.6. The van der Waals surface area contributed by atoms with Crippen LogP contribution in [0.2, 0.25) is 0 Å². The minimum absolute atomic E-state index is 0.0847. The number of rotatable bonds is 7. The molecule has 0 bridgehead atoms. The molecule has 116 valence electrons. The lowest BCUT2D eigenvalue weighted by atomic mass is 10.2. The second-order valence-corrected chi connectivity index (χ2v) is 4.62. The predicted octanol–water partition coefficient (Wildman–Crippen LogP) is 1.68. The van der Waals surface area contributed by atoms with Crippen LogP contribution in [0.25, 0.3) is 0 Å². The van der Waals surface area contributed by atoms with Crippen LogP contribution in [0, 0.1) is 10.1 Å². The van der Waals surface area contributed by atoms with Crippen LogP contribution < -0.4 is 10.6 Å². The summed E-state index contributed by atoms with van der Waals surface area (Å²) in [6.45, 7) is 5.78. The molecule has 0 fully saturated rings. The van der Waals surface area contributed by atoms with E-state index in [-0.39, 0.29) is 11.7 Å². The molecule has 0 aromatic heterocycles. The van der Waals surface area contributed by atoms with Gasteiger partial charge >= 0.3 is 0 Å². The van der Waals surface area contributed by atoms with E-state index in [0.717, 1.165) is 12.1 Å². The minimum atomic E-state index is -0.412. The molecule has 0 aliphatic carbocycles. The van der Waals surface area contributed by atoms with Crippen molar-refractivity contribution in [1.82, 2.24) is 10.6 Å². The van der Waals surface area contributed by atoms with Crippen molar-refractivity contribution in [2.45, 2.75) is 26.4 Å².